The Morgan fingerprint density at radius 1 is 1.17 bits per heavy atom. The van der Waals surface area contributed by atoms with E-state index in [1.54, 1.807) is 28.9 Å². The smallest absolute Gasteiger partial charge is 0.295 e. The van der Waals surface area contributed by atoms with Crippen molar-refractivity contribution in [1.29, 1.82) is 0 Å². The van der Waals surface area contributed by atoms with Crippen molar-refractivity contribution >= 4 is 24.0 Å². The molecule has 0 aliphatic heterocycles. The molecule has 29 heavy (non-hydrogen) atoms. The average Bonchev–Trinajstić information content (AvgIpc) is 3.09. The van der Waals surface area contributed by atoms with Crippen LogP contribution < -0.4 is 15.8 Å². The molecule has 0 unspecified atom stereocenters. The zero-order valence-corrected chi connectivity index (χ0v) is 17.6. The SMILES string of the molecule is Cc1nc(C(=O)Nc2ccc(OCCN)cc2)nn1-c1ccccc1C(C)C.Cl. The summed E-state index contributed by atoms with van der Waals surface area (Å²) in [5.74, 6) is 1.45. The summed E-state index contributed by atoms with van der Waals surface area (Å²) in [6.07, 6.45) is 0. The number of benzene rings is 2. The molecule has 0 spiro atoms. The molecule has 0 radical (unpaired) electrons. The van der Waals surface area contributed by atoms with E-state index in [1.807, 2.05) is 25.1 Å². The van der Waals surface area contributed by atoms with Crippen molar-refractivity contribution in [2.24, 2.45) is 5.73 Å². The number of hydrogen-bond acceptors (Lipinski definition) is 5. The van der Waals surface area contributed by atoms with Crippen LogP contribution >= 0.6 is 12.4 Å². The Balaban J connectivity index is 0.00000300. The van der Waals surface area contributed by atoms with Gasteiger partial charge in [-0.2, -0.15) is 0 Å². The molecule has 1 heterocycles. The zero-order chi connectivity index (χ0) is 20.1. The lowest BCUT2D eigenvalue weighted by atomic mass is 10.0. The lowest BCUT2D eigenvalue weighted by Crippen LogP contribution is -2.14. The van der Waals surface area contributed by atoms with Crippen LogP contribution in [0.1, 0.15) is 41.8 Å². The van der Waals surface area contributed by atoms with Gasteiger partial charge in [-0.1, -0.05) is 32.0 Å². The van der Waals surface area contributed by atoms with Crippen molar-refractivity contribution in [3.63, 3.8) is 0 Å². The number of nitrogens with two attached hydrogens (primary N) is 1. The highest BCUT2D eigenvalue weighted by atomic mass is 35.5. The van der Waals surface area contributed by atoms with Crippen molar-refractivity contribution in [2.45, 2.75) is 26.7 Å². The molecule has 1 aromatic heterocycles. The first-order chi connectivity index (χ1) is 13.5. The molecule has 0 aliphatic carbocycles. The highest BCUT2D eigenvalue weighted by Gasteiger charge is 2.17. The Morgan fingerprint density at radius 2 is 1.86 bits per heavy atom. The second-order valence-corrected chi connectivity index (χ2v) is 6.72. The lowest BCUT2D eigenvalue weighted by Gasteiger charge is -2.12. The van der Waals surface area contributed by atoms with Gasteiger partial charge in [0.05, 0.1) is 5.69 Å². The van der Waals surface area contributed by atoms with Gasteiger partial charge in [-0.25, -0.2) is 9.67 Å². The molecule has 154 valence electrons. The van der Waals surface area contributed by atoms with E-state index in [-0.39, 0.29) is 24.1 Å². The molecule has 0 saturated carbocycles. The van der Waals surface area contributed by atoms with E-state index in [9.17, 15) is 4.79 Å². The van der Waals surface area contributed by atoms with E-state index < -0.39 is 0 Å². The summed E-state index contributed by atoms with van der Waals surface area (Å²) in [5, 5.41) is 7.25. The van der Waals surface area contributed by atoms with Gasteiger partial charge >= 0.3 is 0 Å². The second kappa shape index (κ2) is 10.0. The molecule has 2 aromatic carbocycles. The normalized spacial score (nSPS) is 10.5. The number of nitrogens with zero attached hydrogens (tertiary/aromatic N) is 3. The Hall–Kier alpha value is -2.90. The Morgan fingerprint density at radius 3 is 2.52 bits per heavy atom. The topological polar surface area (TPSA) is 95.1 Å². The van der Waals surface area contributed by atoms with Crippen LogP contribution in [0.15, 0.2) is 48.5 Å². The van der Waals surface area contributed by atoms with Crippen LogP contribution in [0, 0.1) is 6.92 Å². The van der Waals surface area contributed by atoms with Gasteiger partial charge in [-0.15, -0.1) is 17.5 Å². The predicted molar refractivity (Wildman–Crippen MR) is 116 cm³/mol. The number of carbonyl (C=O) groups is 1. The minimum Gasteiger partial charge on any atom is -0.492 e. The minimum atomic E-state index is -0.362. The maximum absolute atomic E-state index is 12.6. The third kappa shape index (κ3) is 5.34. The number of para-hydroxylation sites is 1. The van der Waals surface area contributed by atoms with Crippen LogP contribution in [-0.2, 0) is 0 Å². The summed E-state index contributed by atoms with van der Waals surface area (Å²) < 4.78 is 7.15. The van der Waals surface area contributed by atoms with Crippen LogP contribution in [-0.4, -0.2) is 33.8 Å². The molecular formula is C21H26ClN5O2. The van der Waals surface area contributed by atoms with Gasteiger partial charge < -0.3 is 15.8 Å². The van der Waals surface area contributed by atoms with Gasteiger partial charge in [0.2, 0.25) is 5.82 Å². The van der Waals surface area contributed by atoms with E-state index in [1.165, 1.54) is 0 Å². The van der Waals surface area contributed by atoms with E-state index in [2.05, 4.69) is 35.3 Å². The van der Waals surface area contributed by atoms with Crippen molar-refractivity contribution in [3.05, 3.63) is 65.7 Å². The number of aryl methyl sites for hydroxylation is 1. The van der Waals surface area contributed by atoms with E-state index in [0.29, 0.717) is 36.3 Å². The second-order valence-electron chi connectivity index (χ2n) is 6.72. The summed E-state index contributed by atoms with van der Waals surface area (Å²) in [7, 11) is 0. The zero-order valence-electron chi connectivity index (χ0n) is 16.8. The number of carbonyl (C=O) groups excluding carboxylic acids is 1. The maximum atomic E-state index is 12.6. The van der Waals surface area contributed by atoms with E-state index in [4.69, 9.17) is 10.5 Å². The van der Waals surface area contributed by atoms with Crippen molar-refractivity contribution in [2.75, 3.05) is 18.5 Å². The van der Waals surface area contributed by atoms with Crippen LogP contribution in [0.2, 0.25) is 0 Å². The lowest BCUT2D eigenvalue weighted by molar-refractivity contribution is 0.101. The molecule has 8 heteroatoms. The first-order valence-electron chi connectivity index (χ1n) is 9.27. The standard InChI is InChI=1S/C21H25N5O2.ClH/c1-14(2)18-6-4-5-7-19(18)26-15(3)23-20(25-26)21(27)24-16-8-10-17(11-9-16)28-13-12-22;/h4-11,14H,12-13,22H2,1-3H3,(H,24,27);1H. The monoisotopic (exact) mass is 415 g/mol. The minimum absolute atomic E-state index is 0. The number of rotatable bonds is 7. The highest BCUT2D eigenvalue weighted by molar-refractivity contribution is 6.01. The summed E-state index contributed by atoms with van der Waals surface area (Å²) >= 11 is 0. The third-order valence-corrected chi connectivity index (χ3v) is 4.26. The number of anilines is 1. The number of amides is 1. The van der Waals surface area contributed by atoms with Gasteiger partial charge in [0.1, 0.15) is 18.2 Å². The summed E-state index contributed by atoms with van der Waals surface area (Å²) in [4.78, 5) is 16.9. The number of hydrogen-bond donors (Lipinski definition) is 2. The molecule has 0 atom stereocenters. The highest BCUT2D eigenvalue weighted by Crippen LogP contribution is 2.23. The van der Waals surface area contributed by atoms with Crippen molar-refractivity contribution in [1.82, 2.24) is 14.8 Å². The van der Waals surface area contributed by atoms with E-state index in [0.717, 1.165) is 11.3 Å². The van der Waals surface area contributed by atoms with Gasteiger partial charge in [-0.3, -0.25) is 4.79 Å². The summed E-state index contributed by atoms with van der Waals surface area (Å²) in [5.41, 5.74) is 8.14. The molecular weight excluding hydrogens is 390 g/mol. The number of aromatic nitrogens is 3. The fraction of sp³-hybridized carbons (Fsp3) is 0.286. The van der Waals surface area contributed by atoms with Crippen molar-refractivity contribution < 1.29 is 9.53 Å². The molecule has 7 nitrogen and oxygen atoms in total. The molecule has 0 bridgehead atoms. The Bertz CT molecular complexity index is 954. The largest absolute Gasteiger partial charge is 0.492 e. The first-order valence-corrected chi connectivity index (χ1v) is 9.27. The van der Waals surface area contributed by atoms with Gasteiger partial charge in [0, 0.05) is 12.2 Å². The van der Waals surface area contributed by atoms with Gasteiger partial charge in [0.25, 0.3) is 5.91 Å². The molecule has 0 aliphatic rings. The van der Waals surface area contributed by atoms with Crippen LogP contribution in [0.25, 0.3) is 5.69 Å². The molecule has 3 rings (SSSR count). The summed E-state index contributed by atoms with van der Waals surface area (Å²) in [6, 6.07) is 15.1. The predicted octanol–water partition coefficient (Wildman–Crippen LogP) is 3.71. The van der Waals surface area contributed by atoms with Crippen molar-refractivity contribution in [3.8, 4) is 11.4 Å². The number of nitrogens with one attached hydrogen (secondary N) is 1. The van der Waals surface area contributed by atoms with Gasteiger partial charge in [-0.05, 0) is 48.7 Å². The molecule has 0 saturated heterocycles. The van der Waals surface area contributed by atoms with E-state index >= 15 is 0 Å². The third-order valence-electron chi connectivity index (χ3n) is 4.26. The molecule has 3 N–H and O–H groups in total. The Labute approximate surface area is 176 Å². The maximum Gasteiger partial charge on any atom is 0.295 e. The van der Waals surface area contributed by atoms with Crippen LogP contribution in [0.3, 0.4) is 0 Å². The molecule has 1 amide bonds. The average molecular weight is 416 g/mol. The quantitative estimate of drug-likeness (QED) is 0.613. The fourth-order valence-electron chi connectivity index (χ4n) is 2.88. The Kier molecular flexibility index (Phi) is 7.75. The van der Waals surface area contributed by atoms with Crippen LogP contribution in [0.5, 0.6) is 5.75 Å². The number of halogens is 1. The first kappa shape index (κ1) is 22.4. The molecule has 3 aromatic rings. The molecule has 0 fully saturated rings. The van der Waals surface area contributed by atoms with Gasteiger partial charge in [0.15, 0.2) is 0 Å². The number of ether oxygens (including phenoxy) is 1. The van der Waals surface area contributed by atoms with Crippen LogP contribution in [0.4, 0.5) is 5.69 Å². The summed E-state index contributed by atoms with van der Waals surface area (Å²) in [6.45, 7) is 6.99. The fourth-order valence-corrected chi connectivity index (χ4v) is 2.88.